The van der Waals surface area contributed by atoms with Crippen LogP contribution < -0.4 is 11.1 Å². The Balaban J connectivity index is 2.25. The number of unbranched alkanes of at least 4 members (excludes halogenated alkanes) is 3. The van der Waals surface area contributed by atoms with Gasteiger partial charge in [0.2, 0.25) is 0 Å². The number of hydrogen-bond acceptors (Lipinski definition) is 3. The third-order valence-corrected chi connectivity index (χ3v) is 3.96. The number of halogens is 1. The van der Waals surface area contributed by atoms with Crippen LogP contribution in [0.25, 0.3) is 0 Å². The number of benzene rings is 1. The molecule has 0 spiro atoms. The highest BCUT2D eigenvalue weighted by atomic mass is 35.5. The topological polar surface area (TPSA) is 38.0 Å². The van der Waals surface area contributed by atoms with E-state index in [1.807, 2.05) is 30.8 Å². The van der Waals surface area contributed by atoms with Gasteiger partial charge in [0.15, 0.2) is 0 Å². The lowest BCUT2D eigenvalue weighted by molar-refractivity contribution is 0.689. The first-order chi connectivity index (χ1) is 8.65. The van der Waals surface area contributed by atoms with Crippen molar-refractivity contribution in [3.63, 3.8) is 0 Å². The van der Waals surface area contributed by atoms with Crippen molar-refractivity contribution >= 4 is 34.7 Å². The highest BCUT2D eigenvalue weighted by molar-refractivity contribution is 7.98. The summed E-state index contributed by atoms with van der Waals surface area (Å²) in [5.74, 6) is 1.28. The van der Waals surface area contributed by atoms with Gasteiger partial charge in [-0.2, -0.15) is 11.8 Å². The SMILES string of the molecule is CSCCCCCCNc1cc(Cl)c(N)cc1C. The Hall–Kier alpha value is -0.540. The highest BCUT2D eigenvalue weighted by Gasteiger charge is 2.02. The van der Waals surface area contributed by atoms with Crippen molar-refractivity contribution in [2.75, 3.05) is 29.6 Å². The van der Waals surface area contributed by atoms with Gasteiger partial charge in [-0.05, 0) is 49.5 Å². The lowest BCUT2D eigenvalue weighted by Gasteiger charge is -2.11. The molecule has 0 saturated heterocycles. The van der Waals surface area contributed by atoms with Crippen LogP contribution in [0.4, 0.5) is 11.4 Å². The third-order valence-electron chi connectivity index (χ3n) is 2.93. The molecule has 1 rings (SSSR count). The molecule has 0 fully saturated rings. The fourth-order valence-corrected chi connectivity index (χ4v) is 2.50. The van der Waals surface area contributed by atoms with Crippen LogP contribution in [0, 0.1) is 6.92 Å². The summed E-state index contributed by atoms with van der Waals surface area (Å²) in [6.45, 7) is 3.05. The Morgan fingerprint density at radius 3 is 2.67 bits per heavy atom. The number of thioether (sulfide) groups is 1. The van der Waals surface area contributed by atoms with Crippen molar-refractivity contribution < 1.29 is 0 Å². The van der Waals surface area contributed by atoms with E-state index < -0.39 is 0 Å². The molecule has 0 unspecified atom stereocenters. The fourth-order valence-electron chi connectivity index (χ4n) is 1.84. The molecule has 0 aliphatic heterocycles. The Kier molecular flexibility index (Phi) is 7.36. The third kappa shape index (κ3) is 5.40. The van der Waals surface area contributed by atoms with E-state index in [1.54, 1.807) is 0 Å². The first kappa shape index (κ1) is 15.5. The van der Waals surface area contributed by atoms with Crippen LogP contribution in [0.1, 0.15) is 31.2 Å². The van der Waals surface area contributed by atoms with Crippen LogP contribution >= 0.6 is 23.4 Å². The van der Waals surface area contributed by atoms with Gasteiger partial charge < -0.3 is 11.1 Å². The van der Waals surface area contributed by atoms with Crippen LogP contribution in [0.2, 0.25) is 5.02 Å². The number of nitrogen functional groups attached to an aromatic ring is 1. The smallest absolute Gasteiger partial charge is 0.0656 e. The first-order valence-electron chi connectivity index (χ1n) is 6.43. The summed E-state index contributed by atoms with van der Waals surface area (Å²) in [6.07, 6.45) is 7.30. The van der Waals surface area contributed by atoms with Crippen molar-refractivity contribution in [2.24, 2.45) is 0 Å². The lowest BCUT2D eigenvalue weighted by atomic mass is 10.1. The monoisotopic (exact) mass is 286 g/mol. The molecule has 0 atom stereocenters. The standard InChI is InChI=1S/C14H23ClN2S/c1-11-9-13(16)12(15)10-14(11)17-7-5-3-4-6-8-18-2/h9-10,17H,3-8,16H2,1-2H3. The minimum absolute atomic E-state index is 0.628. The minimum atomic E-state index is 0.628. The van der Waals surface area contributed by atoms with Crippen molar-refractivity contribution in [3.05, 3.63) is 22.7 Å². The molecule has 0 bridgehead atoms. The van der Waals surface area contributed by atoms with E-state index in [1.165, 1.54) is 31.4 Å². The Morgan fingerprint density at radius 2 is 1.94 bits per heavy atom. The fraction of sp³-hybridized carbons (Fsp3) is 0.571. The van der Waals surface area contributed by atoms with E-state index in [0.717, 1.165) is 17.8 Å². The number of rotatable bonds is 8. The number of nitrogens with two attached hydrogens (primary N) is 1. The van der Waals surface area contributed by atoms with Crippen molar-refractivity contribution in [1.82, 2.24) is 0 Å². The second kappa shape index (κ2) is 8.54. The molecule has 2 nitrogen and oxygen atoms in total. The van der Waals surface area contributed by atoms with E-state index in [9.17, 15) is 0 Å². The first-order valence-corrected chi connectivity index (χ1v) is 8.20. The van der Waals surface area contributed by atoms with Crippen LogP contribution in [0.15, 0.2) is 12.1 Å². The van der Waals surface area contributed by atoms with Gasteiger partial charge in [0.25, 0.3) is 0 Å². The minimum Gasteiger partial charge on any atom is -0.398 e. The average molecular weight is 287 g/mol. The van der Waals surface area contributed by atoms with Gasteiger partial charge >= 0.3 is 0 Å². The predicted octanol–water partition coefficient (Wildman–Crippen LogP) is 4.57. The molecule has 0 aliphatic rings. The van der Waals surface area contributed by atoms with Gasteiger partial charge in [0, 0.05) is 12.2 Å². The summed E-state index contributed by atoms with van der Waals surface area (Å²) in [6, 6.07) is 3.84. The van der Waals surface area contributed by atoms with Crippen LogP contribution in [0.3, 0.4) is 0 Å². The molecule has 0 radical (unpaired) electrons. The van der Waals surface area contributed by atoms with Crippen LogP contribution in [0.5, 0.6) is 0 Å². The molecule has 4 heteroatoms. The zero-order chi connectivity index (χ0) is 13.4. The van der Waals surface area contributed by atoms with Crippen molar-refractivity contribution in [3.8, 4) is 0 Å². The second-order valence-electron chi connectivity index (χ2n) is 4.52. The van der Waals surface area contributed by atoms with Gasteiger partial charge in [-0.3, -0.25) is 0 Å². The van der Waals surface area contributed by atoms with Gasteiger partial charge in [0.1, 0.15) is 0 Å². The molecular weight excluding hydrogens is 264 g/mol. The van der Waals surface area contributed by atoms with Crippen molar-refractivity contribution in [1.29, 1.82) is 0 Å². The molecule has 0 aliphatic carbocycles. The predicted molar refractivity (Wildman–Crippen MR) is 85.9 cm³/mol. The van der Waals surface area contributed by atoms with E-state index >= 15 is 0 Å². The second-order valence-corrected chi connectivity index (χ2v) is 5.92. The van der Waals surface area contributed by atoms with E-state index in [4.69, 9.17) is 17.3 Å². The summed E-state index contributed by atoms with van der Waals surface area (Å²) in [7, 11) is 0. The Labute approximate surface area is 120 Å². The van der Waals surface area contributed by atoms with Gasteiger partial charge in [-0.15, -0.1) is 0 Å². The van der Waals surface area contributed by atoms with Crippen molar-refractivity contribution in [2.45, 2.75) is 32.6 Å². The molecule has 1 aromatic rings. The lowest BCUT2D eigenvalue weighted by Crippen LogP contribution is -2.03. The summed E-state index contributed by atoms with van der Waals surface area (Å²) in [4.78, 5) is 0. The summed E-state index contributed by atoms with van der Waals surface area (Å²) >= 11 is 7.94. The maximum atomic E-state index is 6.02. The normalized spacial score (nSPS) is 10.6. The molecule has 1 aromatic carbocycles. The van der Waals surface area contributed by atoms with Crippen LogP contribution in [-0.4, -0.2) is 18.6 Å². The highest BCUT2D eigenvalue weighted by Crippen LogP contribution is 2.26. The number of aryl methyl sites for hydroxylation is 1. The maximum Gasteiger partial charge on any atom is 0.0656 e. The summed E-state index contributed by atoms with van der Waals surface area (Å²) in [5, 5.41) is 4.05. The molecule has 0 heterocycles. The molecule has 0 amide bonds. The van der Waals surface area contributed by atoms with Crippen LogP contribution in [-0.2, 0) is 0 Å². The summed E-state index contributed by atoms with van der Waals surface area (Å²) in [5.41, 5.74) is 8.65. The molecule has 3 N–H and O–H groups in total. The quantitative estimate of drug-likeness (QED) is 0.543. The molecule has 18 heavy (non-hydrogen) atoms. The molecule has 0 aromatic heterocycles. The number of hydrogen-bond donors (Lipinski definition) is 2. The average Bonchev–Trinajstić information content (AvgIpc) is 2.34. The number of nitrogens with one attached hydrogen (secondary N) is 1. The van der Waals surface area contributed by atoms with Gasteiger partial charge in [-0.1, -0.05) is 24.4 Å². The zero-order valence-electron chi connectivity index (χ0n) is 11.3. The Bertz CT molecular complexity index is 369. The Morgan fingerprint density at radius 1 is 1.22 bits per heavy atom. The summed E-state index contributed by atoms with van der Waals surface area (Å²) < 4.78 is 0. The van der Waals surface area contributed by atoms with E-state index in [2.05, 4.69) is 11.6 Å². The largest absolute Gasteiger partial charge is 0.398 e. The van der Waals surface area contributed by atoms with Gasteiger partial charge in [-0.25, -0.2) is 0 Å². The number of anilines is 2. The van der Waals surface area contributed by atoms with E-state index in [-0.39, 0.29) is 0 Å². The zero-order valence-corrected chi connectivity index (χ0v) is 12.8. The molecule has 0 saturated carbocycles. The molecule has 102 valence electrons. The van der Waals surface area contributed by atoms with Gasteiger partial charge in [0.05, 0.1) is 10.7 Å². The molecular formula is C14H23ClN2S. The maximum absolute atomic E-state index is 6.02. The van der Waals surface area contributed by atoms with E-state index in [0.29, 0.717) is 10.7 Å².